The zero-order chi connectivity index (χ0) is 13.8. The van der Waals surface area contributed by atoms with Crippen LogP contribution >= 0.6 is 15.9 Å². The second-order valence-electron chi connectivity index (χ2n) is 4.60. The third-order valence-corrected chi connectivity index (χ3v) is 3.68. The monoisotopic (exact) mass is 317 g/mol. The number of carbonyl (C=O) groups excluding carboxylic acids is 1. The van der Waals surface area contributed by atoms with Crippen molar-refractivity contribution in [3.63, 3.8) is 0 Å². The van der Waals surface area contributed by atoms with Gasteiger partial charge in [-0.1, -0.05) is 59.3 Å². The molecule has 19 heavy (non-hydrogen) atoms. The maximum absolute atomic E-state index is 12.3. The van der Waals surface area contributed by atoms with E-state index in [9.17, 15) is 4.79 Å². The van der Waals surface area contributed by atoms with E-state index < -0.39 is 0 Å². The quantitative estimate of drug-likeness (QED) is 0.873. The average Bonchev–Trinajstić information content (AvgIpc) is 2.46. The molecule has 98 valence electrons. The van der Waals surface area contributed by atoms with Gasteiger partial charge in [0.25, 0.3) is 0 Å². The topological polar surface area (TPSA) is 43.1 Å². The molecule has 0 saturated carbocycles. The first kappa shape index (κ1) is 14.0. The van der Waals surface area contributed by atoms with Crippen LogP contribution in [-0.4, -0.2) is 12.3 Å². The van der Waals surface area contributed by atoms with Crippen molar-refractivity contribution in [2.45, 2.75) is 12.8 Å². The third kappa shape index (κ3) is 3.31. The van der Waals surface area contributed by atoms with Crippen molar-refractivity contribution in [2.75, 3.05) is 6.54 Å². The smallest absolute Gasteiger partial charge is 0.193 e. The standard InChI is InChI=1S/C16H16BrNO/c1-11(10-18)12-5-7-13(8-6-12)16(19)14-3-2-4-15(17)9-14/h2-9,11H,10,18H2,1H3. The van der Waals surface area contributed by atoms with Gasteiger partial charge in [-0.15, -0.1) is 0 Å². The lowest BCUT2D eigenvalue weighted by molar-refractivity contribution is 0.103. The van der Waals surface area contributed by atoms with Crippen LogP contribution in [0.5, 0.6) is 0 Å². The largest absolute Gasteiger partial charge is 0.330 e. The molecule has 0 aromatic heterocycles. The molecular formula is C16H16BrNO. The molecule has 2 N–H and O–H groups in total. The van der Waals surface area contributed by atoms with Crippen LogP contribution in [-0.2, 0) is 0 Å². The molecule has 0 aliphatic heterocycles. The number of carbonyl (C=O) groups is 1. The van der Waals surface area contributed by atoms with Crippen LogP contribution in [0.2, 0.25) is 0 Å². The highest BCUT2D eigenvalue weighted by atomic mass is 79.9. The molecule has 0 bridgehead atoms. The fourth-order valence-electron chi connectivity index (χ4n) is 1.90. The highest BCUT2D eigenvalue weighted by Crippen LogP contribution is 2.18. The molecule has 0 radical (unpaired) electrons. The summed E-state index contributed by atoms with van der Waals surface area (Å²) in [6.07, 6.45) is 0. The summed E-state index contributed by atoms with van der Waals surface area (Å²) >= 11 is 3.38. The van der Waals surface area contributed by atoms with E-state index in [1.54, 1.807) is 0 Å². The Morgan fingerprint density at radius 3 is 2.42 bits per heavy atom. The van der Waals surface area contributed by atoms with Gasteiger partial charge in [-0.05, 0) is 30.2 Å². The summed E-state index contributed by atoms with van der Waals surface area (Å²) in [6, 6.07) is 15.1. The van der Waals surface area contributed by atoms with Gasteiger partial charge in [0.2, 0.25) is 0 Å². The van der Waals surface area contributed by atoms with Crippen molar-refractivity contribution in [3.8, 4) is 0 Å². The van der Waals surface area contributed by atoms with E-state index in [0.717, 1.165) is 10.0 Å². The van der Waals surface area contributed by atoms with E-state index in [-0.39, 0.29) is 5.78 Å². The Morgan fingerprint density at radius 1 is 1.16 bits per heavy atom. The molecule has 2 nitrogen and oxygen atoms in total. The number of nitrogens with two attached hydrogens (primary N) is 1. The zero-order valence-corrected chi connectivity index (χ0v) is 12.4. The molecule has 1 unspecified atom stereocenters. The molecule has 0 heterocycles. The molecule has 2 aromatic carbocycles. The Bertz CT molecular complexity index is 578. The first-order chi connectivity index (χ1) is 9.11. The summed E-state index contributed by atoms with van der Waals surface area (Å²) in [5.74, 6) is 0.350. The Hall–Kier alpha value is -1.45. The molecule has 2 aromatic rings. The van der Waals surface area contributed by atoms with Crippen LogP contribution in [0, 0.1) is 0 Å². The predicted molar refractivity (Wildman–Crippen MR) is 81.5 cm³/mol. The van der Waals surface area contributed by atoms with Gasteiger partial charge in [0, 0.05) is 15.6 Å². The van der Waals surface area contributed by atoms with E-state index in [1.807, 2.05) is 48.5 Å². The molecule has 1 atom stereocenters. The Labute approximate surface area is 121 Å². The Kier molecular flexibility index (Phi) is 4.51. The second-order valence-corrected chi connectivity index (χ2v) is 5.51. The normalized spacial score (nSPS) is 12.2. The second kappa shape index (κ2) is 6.13. The van der Waals surface area contributed by atoms with Crippen molar-refractivity contribution >= 4 is 21.7 Å². The van der Waals surface area contributed by atoms with E-state index in [4.69, 9.17) is 5.73 Å². The number of rotatable bonds is 4. The Balaban J connectivity index is 2.25. The lowest BCUT2D eigenvalue weighted by atomic mass is 9.97. The van der Waals surface area contributed by atoms with Gasteiger partial charge in [0.1, 0.15) is 0 Å². The van der Waals surface area contributed by atoms with Crippen molar-refractivity contribution in [3.05, 3.63) is 69.7 Å². The van der Waals surface area contributed by atoms with Gasteiger partial charge in [-0.25, -0.2) is 0 Å². The number of halogens is 1. The van der Waals surface area contributed by atoms with Gasteiger partial charge < -0.3 is 5.73 Å². The van der Waals surface area contributed by atoms with E-state index in [2.05, 4.69) is 22.9 Å². The first-order valence-electron chi connectivity index (χ1n) is 6.22. The van der Waals surface area contributed by atoms with Gasteiger partial charge in [-0.2, -0.15) is 0 Å². The van der Waals surface area contributed by atoms with Crippen molar-refractivity contribution in [2.24, 2.45) is 5.73 Å². The van der Waals surface area contributed by atoms with Gasteiger partial charge >= 0.3 is 0 Å². The summed E-state index contributed by atoms with van der Waals surface area (Å²) in [5.41, 5.74) is 8.19. The van der Waals surface area contributed by atoms with Crippen LogP contribution in [0.3, 0.4) is 0 Å². The summed E-state index contributed by atoms with van der Waals surface area (Å²) in [5, 5.41) is 0. The third-order valence-electron chi connectivity index (χ3n) is 3.18. The number of hydrogen-bond acceptors (Lipinski definition) is 2. The van der Waals surface area contributed by atoms with Crippen LogP contribution in [0.1, 0.15) is 34.3 Å². The fraction of sp³-hybridized carbons (Fsp3) is 0.188. The first-order valence-corrected chi connectivity index (χ1v) is 7.01. The van der Waals surface area contributed by atoms with Gasteiger partial charge in [-0.3, -0.25) is 4.79 Å². The molecule has 3 heteroatoms. The molecule has 0 aliphatic carbocycles. The molecule has 0 spiro atoms. The Morgan fingerprint density at radius 2 is 1.84 bits per heavy atom. The van der Waals surface area contributed by atoms with Crippen LogP contribution in [0.15, 0.2) is 53.0 Å². The van der Waals surface area contributed by atoms with E-state index >= 15 is 0 Å². The van der Waals surface area contributed by atoms with Crippen molar-refractivity contribution < 1.29 is 4.79 Å². The maximum atomic E-state index is 12.3. The average molecular weight is 318 g/mol. The lowest BCUT2D eigenvalue weighted by Crippen LogP contribution is -2.09. The summed E-state index contributed by atoms with van der Waals surface area (Å²) in [6.45, 7) is 2.68. The number of benzene rings is 2. The summed E-state index contributed by atoms with van der Waals surface area (Å²) in [4.78, 5) is 12.3. The van der Waals surface area contributed by atoms with Gasteiger partial charge in [0.05, 0.1) is 0 Å². The lowest BCUT2D eigenvalue weighted by Gasteiger charge is -2.09. The molecule has 0 fully saturated rings. The molecule has 2 rings (SSSR count). The summed E-state index contributed by atoms with van der Waals surface area (Å²) < 4.78 is 0.909. The molecule has 0 amide bonds. The van der Waals surface area contributed by atoms with E-state index in [1.165, 1.54) is 0 Å². The van der Waals surface area contributed by atoms with Crippen molar-refractivity contribution in [1.29, 1.82) is 0 Å². The van der Waals surface area contributed by atoms with Gasteiger partial charge in [0.15, 0.2) is 5.78 Å². The minimum atomic E-state index is 0.0354. The molecule has 0 saturated heterocycles. The van der Waals surface area contributed by atoms with Crippen LogP contribution in [0.4, 0.5) is 0 Å². The predicted octanol–water partition coefficient (Wildman–Crippen LogP) is 3.74. The van der Waals surface area contributed by atoms with E-state index in [0.29, 0.717) is 23.6 Å². The highest BCUT2D eigenvalue weighted by molar-refractivity contribution is 9.10. The fourth-order valence-corrected chi connectivity index (χ4v) is 2.29. The highest BCUT2D eigenvalue weighted by Gasteiger charge is 2.10. The molecule has 0 aliphatic rings. The minimum absolute atomic E-state index is 0.0354. The molecular weight excluding hydrogens is 302 g/mol. The van der Waals surface area contributed by atoms with Crippen LogP contribution < -0.4 is 5.73 Å². The number of ketones is 1. The SMILES string of the molecule is CC(CN)c1ccc(C(=O)c2cccc(Br)c2)cc1. The van der Waals surface area contributed by atoms with Crippen LogP contribution in [0.25, 0.3) is 0 Å². The number of hydrogen-bond donors (Lipinski definition) is 1. The summed E-state index contributed by atoms with van der Waals surface area (Å²) in [7, 11) is 0. The van der Waals surface area contributed by atoms with Crippen molar-refractivity contribution in [1.82, 2.24) is 0 Å². The minimum Gasteiger partial charge on any atom is -0.330 e. The zero-order valence-electron chi connectivity index (χ0n) is 10.8. The maximum Gasteiger partial charge on any atom is 0.193 e.